The fourth-order valence-electron chi connectivity index (χ4n) is 6.54. The molecule has 0 bridgehead atoms. The quantitative estimate of drug-likeness (QED) is 0.222. The predicted octanol–water partition coefficient (Wildman–Crippen LogP) is 7.48. The zero-order valence-corrected chi connectivity index (χ0v) is 29.1. The van der Waals surface area contributed by atoms with E-state index < -0.39 is 11.2 Å². The normalized spacial score (nSPS) is 18.4. The summed E-state index contributed by atoms with van der Waals surface area (Å²) < 4.78 is 14.8. The van der Waals surface area contributed by atoms with Gasteiger partial charge in [-0.3, -0.25) is 14.5 Å². The van der Waals surface area contributed by atoms with Gasteiger partial charge < -0.3 is 19.9 Å². The third-order valence-corrected chi connectivity index (χ3v) is 8.73. The first-order valence-corrected chi connectivity index (χ1v) is 16.7. The van der Waals surface area contributed by atoms with Gasteiger partial charge in [0.1, 0.15) is 17.0 Å². The molecule has 2 aliphatic rings. The predicted molar refractivity (Wildman–Crippen MR) is 185 cm³/mol. The molecule has 4 heterocycles. The molecule has 0 aliphatic carbocycles. The van der Waals surface area contributed by atoms with E-state index in [1.807, 2.05) is 77.7 Å². The van der Waals surface area contributed by atoms with Crippen molar-refractivity contribution >= 4 is 12.2 Å². The van der Waals surface area contributed by atoms with Crippen molar-refractivity contribution in [1.82, 2.24) is 29.0 Å². The van der Waals surface area contributed by atoms with Crippen LogP contribution in [0.5, 0.6) is 0 Å². The summed E-state index contributed by atoms with van der Waals surface area (Å²) in [5, 5.41) is 0. The van der Waals surface area contributed by atoms with Crippen LogP contribution in [0.15, 0.2) is 60.9 Å². The first kappa shape index (κ1) is 33.1. The van der Waals surface area contributed by atoms with Crippen molar-refractivity contribution in [3.63, 3.8) is 0 Å². The number of hydrogen-bond donors (Lipinski definition) is 1. The molecule has 254 valence electrons. The summed E-state index contributed by atoms with van der Waals surface area (Å²) in [6, 6.07) is 16.2. The summed E-state index contributed by atoms with van der Waals surface area (Å²) in [5.74, 6) is 7.88. The van der Waals surface area contributed by atoms with Crippen molar-refractivity contribution < 1.29 is 19.1 Å². The lowest BCUT2D eigenvalue weighted by molar-refractivity contribution is 0.0206. The molecule has 11 heteroatoms. The minimum absolute atomic E-state index is 0.111. The minimum Gasteiger partial charge on any atom is -0.444 e. The number of nitrogens with two attached hydrogens (primary N) is 1. The summed E-state index contributed by atoms with van der Waals surface area (Å²) in [6.07, 6.45) is 6.63. The summed E-state index contributed by atoms with van der Waals surface area (Å²) in [6.45, 7) is 12.5. The van der Waals surface area contributed by atoms with Crippen LogP contribution in [-0.2, 0) is 16.5 Å². The Morgan fingerprint density at radius 1 is 0.667 bits per heavy atom. The van der Waals surface area contributed by atoms with Gasteiger partial charge in [-0.25, -0.2) is 19.6 Å². The monoisotopic (exact) mass is 653 g/mol. The molecule has 2 aromatic heterocycles. The van der Waals surface area contributed by atoms with Crippen LogP contribution in [0.1, 0.15) is 91.0 Å². The second kappa shape index (κ2) is 12.7. The molecule has 2 N–H and O–H groups in total. The largest absolute Gasteiger partial charge is 0.444 e. The second-order valence-electron chi connectivity index (χ2n) is 14.8. The van der Waals surface area contributed by atoms with Gasteiger partial charge in [0, 0.05) is 37.5 Å². The van der Waals surface area contributed by atoms with Gasteiger partial charge in [-0.1, -0.05) is 48.5 Å². The highest BCUT2D eigenvalue weighted by Gasteiger charge is 2.37. The Bertz CT molecular complexity index is 1650. The number of aromatic nitrogens is 4. The van der Waals surface area contributed by atoms with Crippen molar-refractivity contribution in [1.29, 1.82) is 0 Å². The van der Waals surface area contributed by atoms with Gasteiger partial charge in [0.05, 0.1) is 29.7 Å². The van der Waals surface area contributed by atoms with E-state index >= 15 is 0 Å². The first-order chi connectivity index (χ1) is 22.7. The molecular weight excluding hydrogens is 606 g/mol. The van der Waals surface area contributed by atoms with Crippen LogP contribution in [0.4, 0.5) is 9.59 Å². The third-order valence-electron chi connectivity index (χ3n) is 8.73. The molecule has 48 heavy (non-hydrogen) atoms. The number of imidazole rings is 2. The molecule has 2 amide bonds. The maximum Gasteiger partial charge on any atom is 0.410 e. The number of aryl methyl sites for hydroxylation is 1. The summed E-state index contributed by atoms with van der Waals surface area (Å²) in [5.41, 5.74) is 4.61. The number of ether oxygens (including phenoxy) is 2. The number of hydrogen-bond acceptors (Lipinski definition) is 7. The Morgan fingerprint density at radius 3 is 1.52 bits per heavy atom. The number of carbonyl (C=O) groups is 2. The van der Waals surface area contributed by atoms with Gasteiger partial charge in [-0.15, -0.1) is 0 Å². The zero-order chi connectivity index (χ0) is 34.4. The molecule has 2 aliphatic heterocycles. The molecule has 6 rings (SSSR count). The lowest BCUT2D eigenvalue weighted by Crippen LogP contribution is -2.37. The molecule has 11 nitrogen and oxygen atoms in total. The van der Waals surface area contributed by atoms with Crippen molar-refractivity contribution in [2.45, 2.75) is 90.5 Å². The minimum atomic E-state index is -0.570. The van der Waals surface area contributed by atoms with Gasteiger partial charge in [-0.05, 0) is 78.4 Å². The van der Waals surface area contributed by atoms with Gasteiger partial charge in [0.2, 0.25) is 0 Å². The lowest BCUT2D eigenvalue weighted by Gasteiger charge is -2.28. The number of carbonyl (C=O) groups excluding carboxylic acids is 2. The van der Waals surface area contributed by atoms with Crippen LogP contribution >= 0.6 is 0 Å². The van der Waals surface area contributed by atoms with Gasteiger partial charge in [-0.2, -0.15) is 0 Å². The fraction of sp³-hybridized carbons (Fsp3) is 0.459. The summed E-state index contributed by atoms with van der Waals surface area (Å²) in [7, 11) is 1.98. The van der Waals surface area contributed by atoms with Crippen LogP contribution in [0.3, 0.4) is 0 Å². The highest BCUT2D eigenvalue weighted by atomic mass is 16.6. The maximum atomic E-state index is 12.9. The van der Waals surface area contributed by atoms with E-state index in [9.17, 15) is 9.59 Å². The number of nitrogen functional groups attached to an aromatic ring is 1. The average Bonchev–Trinajstić information content (AvgIpc) is 3.82. The molecule has 0 saturated carbocycles. The smallest absolute Gasteiger partial charge is 0.410 e. The van der Waals surface area contributed by atoms with E-state index in [0.29, 0.717) is 18.9 Å². The molecule has 2 fully saturated rings. The molecular formula is C37H47N7O4. The standard InChI is InChI=1S/C37H47N7O4/c1-36(2,3)47-34(45)42-20-8-10-30(42)32-39-28(22-41(32)7)26-16-12-24(13-17-26)25-14-18-27(19-15-25)29-23-44(38)33(40-29)31-11-9-21-43(31)35(46)48-37(4,5)6/h12-19,22-23,30-31H,8-11,20-21,38H2,1-7H3/t30-,31-/m0/s1. The number of nitrogens with zero attached hydrogens (tertiary/aromatic N) is 6. The van der Waals surface area contributed by atoms with E-state index in [1.165, 1.54) is 4.68 Å². The Morgan fingerprint density at radius 2 is 1.06 bits per heavy atom. The Kier molecular flexibility index (Phi) is 8.74. The van der Waals surface area contributed by atoms with E-state index in [1.54, 1.807) is 9.80 Å². The van der Waals surface area contributed by atoms with Crippen LogP contribution < -0.4 is 5.84 Å². The molecule has 2 atom stereocenters. The average molecular weight is 654 g/mol. The molecule has 0 spiro atoms. The van der Waals surface area contributed by atoms with Crippen LogP contribution in [0, 0.1) is 0 Å². The molecule has 4 aromatic rings. The Hall–Kier alpha value is -4.80. The highest BCUT2D eigenvalue weighted by Crippen LogP contribution is 2.36. The van der Waals surface area contributed by atoms with E-state index in [4.69, 9.17) is 25.3 Å². The van der Waals surface area contributed by atoms with Crippen LogP contribution in [0.2, 0.25) is 0 Å². The van der Waals surface area contributed by atoms with Crippen molar-refractivity contribution in [3.8, 4) is 33.6 Å². The van der Waals surface area contributed by atoms with Crippen molar-refractivity contribution in [3.05, 3.63) is 72.6 Å². The van der Waals surface area contributed by atoms with Crippen molar-refractivity contribution in [2.24, 2.45) is 7.05 Å². The maximum absolute atomic E-state index is 12.9. The first-order valence-electron chi connectivity index (χ1n) is 16.7. The van der Waals surface area contributed by atoms with Gasteiger partial charge in [0.25, 0.3) is 0 Å². The molecule has 0 unspecified atom stereocenters. The SMILES string of the molecule is Cn1cc(-c2ccc(-c3ccc(-c4cn(N)c([C@@H]5CCCN5C(=O)OC(C)(C)C)n4)cc3)cc2)nc1[C@@H]1CCCN1C(=O)OC(C)(C)C. The topological polar surface area (TPSA) is 121 Å². The summed E-state index contributed by atoms with van der Waals surface area (Å²) in [4.78, 5) is 39.1. The summed E-state index contributed by atoms with van der Waals surface area (Å²) >= 11 is 0. The van der Waals surface area contributed by atoms with Crippen LogP contribution in [-0.4, -0.2) is 65.5 Å². The van der Waals surface area contributed by atoms with E-state index in [2.05, 4.69) is 36.4 Å². The van der Waals surface area contributed by atoms with E-state index in [0.717, 1.165) is 65.1 Å². The van der Waals surface area contributed by atoms with Crippen LogP contribution in [0.25, 0.3) is 33.6 Å². The lowest BCUT2D eigenvalue weighted by atomic mass is 10.0. The number of likely N-dealkylation sites (tertiary alicyclic amines) is 2. The van der Waals surface area contributed by atoms with Gasteiger partial charge in [0.15, 0.2) is 5.82 Å². The number of rotatable bonds is 5. The van der Waals surface area contributed by atoms with Gasteiger partial charge >= 0.3 is 12.2 Å². The Labute approximate surface area is 282 Å². The zero-order valence-electron chi connectivity index (χ0n) is 29.1. The highest BCUT2D eigenvalue weighted by molar-refractivity contribution is 5.72. The number of benzene rings is 2. The van der Waals surface area contributed by atoms with E-state index in [-0.39, 0.29) is 24.3 Å². The van der Waals surface area contributed by atoms with Crippen molar-refractivity contribution in [2.75, 3.05) is 18.9 Å². The second-order valence-corrected chi connectivity index (χ2v) is 14.8. The third kappa shape index (κ3) is 7.05. The molecule has 0 radical (unpaired) electrons. The number of amides is 2. The fourth-order valence-corrected chi connectivity index (χ4v) is 6.54. The molecule has 2 aromatic carbocycles. The Balaban J connectivity index is 1.15. The molecule has 2 saturated heterocycles.